The van der Waals surface area contributed by atoms with Crippen molar-refractivity contribution >= 4 is 22.4 Å². The van der Waals surface area contributed by atoms with Gasteiger partial charge in [-0.3, -0.25) is 9.78 Å². The number of allylic oxidation sites excluding steroid dienone is 1. The van der Waals surface area contributed by atoms with Gasteiger partial charge in [-0.15, -0.1) is 0 Å². The number of aromatic nitrogens is 1. The number of rotatable bonds is 10. The second-order valence-electron chi connectivity index (χ2n) is 11.4. The summed E-state index contributed by atoms with van der Waals surface area (Å²) in [5.74, 6) is 0.571. The number of hydrogen-bond acceptors (Lipinski definition) is 4. The van der Waals surface area contributed by atoms with Crippen molar-refractivity contribution in [3.05, 3.63) is 84.1 Å². The monoisotopic (exact) mass is 496 g/mol. The van der Waals surface area contributed by atoms with Gasteiger partial charge in [0.15, 0.2) is 0 Å². The first-order chi connectivity index (χ1) is 17.9. The number of nitrogens with zero attached hydrogens (tertiary/aromatic N) is 2. The van der Waals surface area contributed by atoms with E-state index in [0.29, 0.717) is 5.92 Å². The topological polar surface area (TPSA) is 42.4 Å². The Hall–Kier alpha value is -2.98. The number of para-hydroxylation sites is 1. The number of benzene rings is 2. The first-order valence-corrected chi connectivity index (χ1v) is 14.0. The number of fused-ring (bicyclic) bond motifs is 3. The largest absolute Gasteiger partial charge is 0.458 e. The fourth-order valence-corrected chi connectivity index (χ4v) is 6.31. The lowest BCUT2D eigenvalue weighted by molar-refractivity contribution is -0.176. The molecule has 37 heavy (non-hydrogen) atoms. The molecule has 3 aliphatic carbocycles. The number of aryl methyl sites for hydroxylation is 1. The van der Waals surface area contributed by atoms with Crippen molar-refractivity contribution in [3.63, 3.8) is 0 Å². The predicted octanol–water partition coefficient (Wildman–Crippen LogP) is 6.94. The summed E-state index contributed by atoms with van der Waals surface area (Å²) in [6.07, 6.45) is 10.6. The third-order valence-electron chi connectivity index (χ3n) is 8.44. The lowest BCUT2D eigenvalue weighted by Gasteiger charge is -2.50. The van der Waals surface area contributed by atoms with Gasteiger partial charge in [-0.25, -0.2) is 0 Å². The van der Waals surface area contributed by atoms with Crippen molar-refractivity contribution in [3.8, 4) is 0 Å². The highest BCUT2D eigenvalue weighted by Crippen LogP contribution is 2.53. The normalized spacial score (nSPS) is 23.0. The number of esters is 1. The lowest BCUT2D eigenvalue weighted by Crippen LogP contribution is -2.51. The Morgan fingerprint density at radius 3 is 2.59 bits per heavy atom. The minimum atomic E-state index is -0.391. The maximum Gasteiger partial charge on any atom is 0.308 e. The molecule has 0 N–H and O–H groups in total. The summed E-state index contributed by atoms with van der Waals surface area (Å²) in [7, 11) is 2.20. The minimum absolute atomic E-state index is 0.0607. The molecule has 2 aromatic carbocycles. The summed E-state index contributed by atoms with van der Waals surface area (Å²) >= 11 is 0. The standard InChI is InChI=1S/C33H40N2O2/c1-24(2)32(36)37-33(23-27-15-16-28(33)22-30(27)25-10-5-4-6-11-25)18-21-35(3)20-9-12-26-17-19-34-31-14-8-7-13-29(26)31/h4-8,10-11,13-14,17,19,22,24,27-28H,9,12,15-16,18,20-21,23H2,1-3H3. The van der Waals surface area contributed by atoms with Crippen molar-refractivity contribution in [1.29, 1.82) is 0 Å². The van der Waals surface area contributed by atoms with Crippen LogP contribution in [0.4, 0.5) is 0 Å². The van der Waals surface area contributed by atoms with Crippen LogP contribution in [0.15, 0.2) is 72.9 Å². The van der Waals surface area contributed by atoms with Crippen molar-refractivity contribution in [1.82, 2.24) is 9.88 Å². The second kappa shape index (κ2) is 11.2. The number of ether oxygens (including phenoxy) is 1. The van der Waals surface area contributed by atoms with E-state index in [2.05, 4.69) is 77.6 Å². The van der Waals surface area contributed by atoms with Gasteiger partial charge < -0.3 is 9.64 Å². The van der Waals surface area contributed by atoms with Gasteiger partial charge in [0.05, 0.1) is 11.4 Å². The summed E-state index contributed by atoms with van der Waals surface area (Å²) in [5.41, 5.74) is 4.81. The van der Waals surface area contributed by atoms with Crippen LogP contribution in [-0.2, 0) is 16.0 Å². The number of carbonyl (C=O) groups is 1. The Labute approximate surface area is 221 Å². The Morgan fingerprint density at radius 2 is 1.84 bits per heavy atom. The van der Waals surface area contributed by atoms with Crippen LogP contribution >= 0.6 is 0 Å². The van der Waals surface area contributed by atoms with Crippen LogP contribution < -0.4 is 0 Å². The molecule has 2 bridgehead atoms. The molecule has 1 heterocycles. The second-order valence-corrected chi connectivity index (χ2v) is 11.4. The molecule has 0 aliphatic heterocycles. The van der Waals surface area contributed by atoms with Crippen LogP contribution in [0.1, 0.15) is 57.1 Å². The first-order valence-electron chi connectivity index (χ1n) is 14.0. The molecule has 6 rings (SSSR count). The van der Waals surface area contributed by atoms with E-state index in [9.17, 15) is 4.79 Å². The van der Waals surface area contributed by atoms with E-state index >= 15 is 0 Å². The van der Waals surface area contributed by atoms with Crippen molar-refractivity contribution < 1.29 is 9.53 Å². The van der Waals surface area contributed by atoms with Crippen LogP contribution in [-0.4, -0.2) is 41.6 Å². The van der Waals surface area contributed by atoms with Crippen molar-refractivity contribution in [2.24, 2.45) is 17.8 Å². The van der Waals surface area contributed by atoms with E-state index in [1.807, 2.05) is 26.1 Å². The van der Waals surface area contributed by atoms with Gasteiger partial charge in [0.2, 0.25) is 0 Å². The Kier molecular flexibility index (Phi) is 7.76. The van der Waals surface area contributed by atoms with E-state index in [-0.39, 0.29) is 17.8 Å². The van der Waals surface area contributed by atoms with Gasteiger partial charge in [0.25, 0.3) is 0 Å². The molecule has 1 saturated carbocycles. The van der Waals surface area contributed by atoms with Gasteiger partial charge in [0.1, 0.15) is 5.60 Å². The molecule has 3 aliphatic rings. The fourth-order valence-electron chi connectivity index (χ4n) is 6.31. The number of carbonyl (C=O) groups excluding carboxylic acids is 1. The molecular formula is C33H40N2O2. The van der Waals surface area contributed by atoms with E-state index in [1.54, 1.807) is 0 Å². The number of hydrogen-bond donors (Lipinski definition) is 0. The van der Waals surface area contributed by atoms with Gasteiger partial charge in [-0.05, 0) is 80.4 Å². The molecule has 4 heteroatoms. The highest BCUT2D eigenvalue weighted by molar-refractivity contribution is 5.81. The molecule has 0 saturated heterocycles. The minimum Gasteiger partial charge on any atom is -0.458 e. The highest BCUT2D eigenvalue weighted by atomic mass is 16.6. The third kappa shape index (κ3) is 5.65. The average molecular weight is 497 g/mol. The molecule has 0 spiro atoms. The van der Waals surface area contributed by atoms with Crippen LogP contribution in [0, 0.1) is 17.8 Å². The quantitative estimate of drug-likeness (QED) is 0.285. The summed E-state index contributed by atoms with van der Waals surface area (Å²) in [6.45, 7) is 5.83. The summed E-state index contributed by atoms with van der Waals surface area (Å²) in [6, 6.07) is 21.3. The van der Waals surface area contributed by atoms with Crippen molar-refractivity contribution in [2.75, 3.05) is 20.1 Å². The van der Waals surface area contributed by atoms with E-state index in [4.69, 9.17) is 4.74 Å². The Balaban J connectivity index is 1.25. The van der Waals surface area contributed by atoms with Crippen LogP contribution in [0.2, 0.25) is 0 Å². The smallest absolute Gasteiger partial charge is 0.308 e. The molecule has 4 nitrogen and oxygen atoms in total. The summed E-state index contributed by atoms with van der Waals surface area (Å²) < 4.78 is 6.41. The molecule has 1 aromatic heterocycles. The lowest BCUT2D eigenvalue weighted by atomic mass is 9.60. The molecule has 3 atom stereocenters. The average Bonchev–Trinajstić information content (AvgIpc) is 2.93. The molecule has 0 radical (unpaired) electrons. The maximum atomic E-state index is 12.9. The SMILES string of the molecule is CC(C)C(=O)OC1(CCN(C)CCCc2ccnc3ccccc23)CC2CCC1C=C2c1ccccc1. The molecule has 3 aromatic rings. The molecule has 1 fully saturated rings. The van der Waals surface area contributed by atoms with Crippen LogP contribution in [0.3, 0.4) is 0 Å². The summed E-state index contributed by atoms with van der Waals surface area (Å²) in [4.78, 5) is 19.8. The number of pyridine rings is 1. The fraction of sp³-hybridized carbons (Fsp3) is 0.455. The van der Waals surface area contributed by atoms with E-state index in [1.165, 1.54) is 28.5 Å². The zero-order chi connectivity index (χ0) is 25.8. The maximum absolute atomic E-state index is 12.9. The van der Waals surface area contributed by atoms with Crippen LogP contribution in [0.5, 0.6) is 0 Å². The van der Waals surface area contributed by atoms with E-state index < -0.39 is 5.60 Å². The van der Waals surface area contributed by atoms with Crippen LogP contribution in [0.25, 0.3) is 16.5 Å². The molecule has 3 unspecified atom stereocenters. The predicted molar refractivity (Wildman–Crippen MR) is 151 cm³/mol. The molecule has 0 amide bonds. The Bertz CT molecular complexity index is 1250. The van der Waals surface area contributed by atoms with Gasteiger partial charge in [-0.1, -0.05) is 68.5 Å². The van der Waals surface area contributed by atoms with E-state index in [0.717, 1.165) is 50.7 Å². The first kappa shape index (κ1) is 25.7. The highest BCUT2D eigenvalue weighted by Gasteiger charge is 2.50. The zero-order valence-corrected chi connectivity index (χ0v) is 22.5. The Morgan fingerprint density at radius 1 is 1.05 bits per heavy atom. The van der Waals surface area contributed by atoms with Gasteiger partial charge in [0, 0.05) is 30.5 Å². The third-order valence-corrected chi connectivity index (χ3v) is 8.44. The van der Waals surface area contributed by atoms with Gasteiger partial charge >= 0.3 is 5.97 Å². The molecule has 194 valence electrons. The summed E-state index contributed by atoms with van der Waals surface area (Å²) in [5, 5.41) is 1.26. The zero-order valence-electron chi connectivity index (χ0n) is 22.5. The van der Waals surface area contributed by atoms with Crippen molar-refractivity contribution in [2.45, 2.75) is 58.0 Å². The van der Waals surface area contributed by atoms with Gasteiger partial charge in [-0.2, -0.15) is 0 Å². The molecular weight excluding hydrogens is 456 g/mol.